The van der Waals surface area contributed by atoms with E-state index in [0.29, 0.717) is 24.0 Å². The van der Waals surface area contributed by atoms with Crippen LogP contribution in [0.25, 0.3) is 0 Å². The predicted molar refractivity (Wildman–Crippen MR) is 134 cm³/mol. The molecule has 3 fully saturated rings. The highest BCUT2D eigenvalue weighted by Gasteiger charge is 2.41. The average molecular weight is 491 g/mol. The zero-order chi connectivity index (χ0) is 24.8. The molecule has 35 heavy (non-hydrogen) atoms. The first-order valence-corrected chi connectivity index (χ1v) is 14.3. The maximum absolute atomic E-state index is 14.7. The van der Waals surface area contributed by atoms with Gasteiger partial charge in [0.05, 0.1) is 12.5 Å². The Morgan fingerprint density at radius 2 is 1.57 bits per heavy atom. The van der Waals surface area contributed by atoms with E-state index in [-0.39, 0.29) is 29.7 Å². The summed E-state index contributed by atoms with van der Waals surface area (Å²) < 4.78 is 40.2. The average Bonchev–Trinajstić information content (AvgIpc) is 2.88. The Hall–Kier alpha value is -1.65. The van der Waals surface area contributed by atoms with Crippen LogP contribution >= 0.6 is 0 Å². The van der Waals surface area contributed by atoms with Crippen molar-refractivity contribution in [1.82, 2.24) is 0 Å². The number of cyclic esters (lactones) is 1. The van der Waals surface area contributed by atoms with Gasteiger partial charge in [-0.25, -0.2) is 4.39 Å². The minimum absolute atomic E-state index is 0.00343. The summed E-state index contributed by atoms with van der Waals surface area (Å²) in [5, 5.41) is 0. The van der Waals surface area contributed by atoms with Crippen molar-refractivity contribution >= 4 is 5.97 Å². The standard InChI is InChI=1S/C30H44F2O3/c1-3-5-6-7-20-8-10-23(11-9-20)26-18-17-25(30(33)35-26)22-14-12-21(13-15-22)24-16-19-27(34-4-2)29(32)28(24)31/h16,19-23,25-26H,3-15,17-18H2,1-2H3/t20-,21-,22-,23-,25?,26?. The Bertz CT molecular complexity index is 825. The highest BCUT2D eigenvalue weighted by molar-refractivity contribution is 5.73. The zero-order valence-electron chi connectivity index (χ0n) is 21.7. The van der Waals surface area contributed by atoms with E-state index in [1.807, 2.05) is 0 Å². The number of esters is 1. The molecular weight excluding hydrogens is 446 g/mol. The fraction of sp³-hybridized carbons (Fsp3) is 0.767. The van der Waals surface area contributed by atoms with Crippen molar-refractivity contribution in [3.05, 3.63) is 29.3 Å². The first kappa shape index (κ1) is 26.4. The Morgan fingerprint density at radius 1 is 0.857 bits per heavy atom. The second-order valence-corrected chi connectivity index (χ2v) is 11.3. The van der Waals surface area contributed by atoms with Crippen molar-refractivity contribution in [2.45, 2.75) is 116 Å². The van der Waals surface area contributed by atoms with Crippen molar-refractivity contribution in [3.63, 3.8) is 0 Å². The Morgan fingerprint density at radius 3 is 2.23 bits per heavy atom. The molecule has 2 atom stereocenters. The topological polar surface area (TPSA) is 35.5 Å². The van der Waals surface area contributed by atoms with Gasteiger partial charge in [0.25, 0.3) is 0 Å². The minimum atomic E-state index is -0.886. The van der Waals surface area contributed by atoms with Crippen molar-refractivity contribution in [2.24, 2.45) is 23.7 Å². The van der Waals surface area contributed by atoms with Crippen LogP contribution in [0.15, 0.2) is 12.1 Å². The van der Waals surface area contributed by atoms with Crippen LogP contribution < -0.4 is 4.74 Å². The fourth-order valence-electron chi connectivity index (χ4n) is 7.01. The molecule has 0 amide bonds. The minimum Gasteiger partial charge on any atom is -0.491 e. The molecule has 2 saturated carbocycles. The number of benzene rings is 1. The molecule has 196 valence electrons. The van der Waals surface area contributed by atoms with Crippen LogP contribution in [0.2, 0.25) is 0 Å². The van der Waals surface area contributed by atoms with Gasteiger partial charge in [-0.05, 0) is 93.6 Å². The molecule has 0 spiro atoms. The molecule has 0 aromatic heterocycles. The Balaban J connectivity index is 1.24. The van der Waals surface area contributed by atoms with Crippen LogP contribution in [-0.4, -0.2) is 18.7 Å². The summed E-state index contributed by atoms with van der Waals surface area (Å²) in [6, 6.07) is 3.22. The molecule has 1 aromatic carbocycles. The first-order valence-electron chi connectivity index (χ1n) is 14.3. The molecule has 4 rings (SSSR count). The number of ether oxygens (including phenoxy) is 2. The molecule has 1 aromatic rings. The molecule has 2 aliphatic carbocycles. The molecule has 0 N–H and O–H groups in total. The SMILES string of the molecule is CCCCC[C@H]1CC[C@H](C2CCC([C@H]3CC[C@H](c4ccc(OCC)c(F)c4F)CC3)C(=O)O2)CC1. The largest absolute Gasteiger partial charge is 0.491 e. The van der Waals surface area contributed by atoms with Crippen molar-refractivity contribution < 1.29 is 23.0 Å². The van der Waals surface area contributed by atoms with Gasteiger partial charge in [-0.1, -0.05) is 51.5 Å². The molecule has 0 bridgehead atoms. The Kier molecular flexibility index (Phi) is 9.46. The second-order valence-electron chi connectivity index (χ2n) is 11.3. The van der Waals surface area contributed by atoms with Crippen molar-refractivity contribution in [1.29, 1.82) is 0 Å². The maximum atomic E-state index is 14.7. The van der Waals surface area contributed by atoms with E-state index in [4.69, 9.17) is 9.47 Å². The Labute approximate surface area is 210 Å². The van der Waals surface area contributed by atoms with Gasteiger partial charge < -0.3 is 9.47 Å². The van der Waals surface area contributed by atoms with Crippen LogP contribution in [0.1, 0.15) is 115 Å². The summed E-state index contributed by atoms with van der Waals surface area (Å²) in [5.74, 6) is -0.0209. The molecule has 3 aliphatic rings. The van der Waals surface area contributed by atoms with Gasteiger partial charge in [-0.2, -0.15) is 4.39 Å². The third-order valence-corrected chi connectivity index (χ3v) is 9.12. The summed E-state index contributed by atoms with van der Waals surface area (Å²) >= 11 is 0. The summed E-state index contributed by atoms with van der Waals surface area (Å²) in [5.41, 5.74) is 0.445. The van der Waals surface area contributed by atoms with Crippen LogP contribution in [0.3, 0.4) is 0 Å². The van der Waals surface area contributed by atoms with Gasteiger partial charge in [-0.15, -0.1) is 0 Å². The third-order valence-electron chi connectivity index (χ3n) is 9.12. The van der Waals surface area contributed by atoms with Gasteiger partial charge in [0, 0.05) is 0 Å². The summed E-state index contributed by atoms with van der Waals surface area (Å²) in [4.78, 5) is 13.0. The fourth-order valence-corrected chi connectivity index (χ4v) is 7.01. The molecule has 5 heteroatoms. The first-order chi connectivity index (χ1) is 17.0. The van der Waals surface area contributed by atoms with Crippen LogP contribution in [-0.2, 0) is 9.53 Å². The van der Waals surface area contributed by atoms with E-state index in [9.17, 15) is 13.6 Å². The molecule has 0 radical (unpaired) electrons. The number of carbonyl (C=O) groups excluding carboxylic acids is 1. The summed E-state index contributed by atoms with van der Waals surface area (Å²) in [6.07, 6.45) is 15.6. The second kappa shape index (κ2) is 12.5. The van der Waals surface area contributed by atoms with E-state index in [2.05, 4.69) is 6.92 Å². The smallest absolute Gasteiger partial charge is 0.309 e. The van der Waals surface area contributed by atoms with Gasteiger partial charge >= 0.3 is 5.97 Å². The lowest BCUT2D eigenvalue weighted by Crippen LogP contribution is -2.40. The van der Waals surface area contributed by atoms with Crippen molar-refractivity contribution in [2.75, 3.05) is 6.61 Å². The lowest BCUT2D eigenvalue weighted by Gasteiger charge is -2.40. The number of rotatable bonds is 9. The molecule has 1 aliphatic heterocycles. The lowest BCUT2D eigenvalue weighted by molar-refractivity contribution is -0.168. The van der Waals surface area contributed by atoms with E-state index in [1.165, 1.54) is 51.4 Å². The number of unbranched alkanes of at least 4 members (excludes halogenated alkanes) is 2. The van der Waals surface area contributed by atoms with Gasteiger partial charge in [0.1, 0.15) is 6.10 Å². The van der Waals surface area contributed by atoms with Crippen LogP contribution in [0, 0.1) is 35.3 Å². The number of hydrogen-bond donors (Lipinski definition) is 0. The lowest BCUT2D eigenvalue weighted by atomic mass is 9.70. The number of carbonyl (C=O) groups is 1. The maximum Gasteiger partial charge on any atom is 0.309 e. The molecule has 1 heterocycles. The zero-order valence-corrected chi connectivity index (χ0v) is 21.7. The summed E-state index contributed by atoms with van der Waals surface area (Å²) in [6.45, 7) is 4.32. The third kappa shape index (κ3) is 6.38. The van der Waals surface area contributed by atoms with E-state index in [1.54, 1.807) is 19.1 Å². The molecule has 3 nitrogen and oxygen atoms in total. The van der Waals surface area contributed by atoms with Gasteiger partial charge in [0.15, 0.2) is 11.6 Å². The quantitative estimate of drug-likeness (QED) is 0.258. The van der Waals surface area contributed by atoms with E-state index >= 15 is 0 Å². The van der Waals surface area contributed by atoms with Crippen LogP contribution in [0.5, 0.6) is 5.75 Å². The highest BCUT2D eigenvalue weighted by atomic mass is 19.2. The number of halogens is 2. The van der Waals surface area contributed by atoms with Crippen molar-refractivity contribution in [3.8, 4) is 5.75 Å². The van der Waals surface area contributed by atoms with E-state index in [0.717, 1.165) is 44.4 Å². The molecule has 1 saturated heterocycles. The monoisotopic (exact) mass is 490 g/mol. The molecular formula is C30H44F2O3. The highest BCUT2D eigenvalue weighted by Crippen LogP contribution is 2.45. The molecule has 2 unspecified atom stereocenters. The van der Waals surface area contributed by atoms with Gasteiger partial charge in [0.2, 0.25) is 5.82 Å². The predicted octanol–water partition coefficient (Wildman–Crippen LogP) is 8.35. The normalized spacial score (nSPS) is 31.7. The van der Waals surface area contributed by atoms with E-state index < -0.39 is 11.6 Å². The number of hydrogen-bond acceptors (Lipinski definition) is 3. The summed E-state index contributed by atoms with van der Waals surface area (Å²) in [7, 11) is 0. The van der Waals surface area contributed by atoms with Gasteiger partial charge in [-0.3, -0.25) is 4.79 Å². The van der Waals surface area contributed by atoms with Crippen LogP contribution in [0.4, 0.5) is 8.78 Å².